The fraction of sp³-hybridized carbons (Fsp3) is 0.200. The van der Waals surface area contributed by atoms with E-state index in [-0.39, 0.29) is 23.4 Å². The number of hydrogen-bond donors (Lipinski definition) is 1. The predicted molar refractivity (Wildman–Crippen MR) is 176 cm³/mol. The monoisotopic (exact) mass is 609 g/mol. The molecule has 1 heterocycles. The molecule has 5 rings (SSSR count). The van der Waals surface area contributed by atoms with E-state index < -0.39 is 10.0 Å². The summed E-state index contributed by atoms with van der Waals surface area (Å²) in [5.41, 5.74) is 5.43. The SMILES string of the molecule is CCCc1sc(NC(=O)c2ccc(S(=O)(=O)N(Cc3ccccc3)C(C)C)cc2)nc1-c1ccc(-c2ccccc2)cc1. The van der Waals surface area contributed by atoms with Gasteiger partial charge in [-0.15, -0.1) is 11.3 Å². The average molecular weight is 610 g/mol. The second-order valence-corrected chi connectivity index (χ2v) is 13.6. The fourth-order valence-electron chi connectivity index (χ4n) is 4.87. The standard InChI is InChI=1S/C35H35N3O3S2/c1-4-11-32-33(29-18-16-28(17-19-29)27-14-9-6-10-15-27)36-35(42-32)37-34(39)30-20-22-31(23-21-30)43(40,41)38(25(2)3)24-26-12-7-5-8-13-26/h5-10,12-23,25H,4,11,24H2,1-3H3,(H,36,37,39). The van der Waals surface area contributed by atoms with E-state index in [0.29, 0.717) is 10.7 Å². The van der Waals surface area contributed by atoms with E-state index in [2.05, 4.69) is 48.6 Å². The van der Waals surface area contributed by atoms with Gasteiger partial charge in [0.2, 0.25) is 10.0 Å². The minimum absolute atomic E-state index is 0.148. The maximum absolute atomic E-state index is 13.5. The summed E-state index contributed by atoms with van der Waals surface area (Å²) in [6.45, 7) is 6.10. The number of aromatic nitrogens is 1. The number of aryl methyl sites for hydroxylation is 1. The first kappa shape index (κ1) is 30.4. The number of carbonyl (C=O) groups excluding carboxylic acids is 1. The van der Waals surface area contributed by atoms with Crippen LogP contribution in [0.4, 0.5) is 5.13 Å². The van der Waals surface area contributed by atoms with Crippen LogP contribution >= 0.6 is 11.3 Å². The molecule has 0 aliphatic rings. The van der Waals surface area contributed by atoms with Crippen LogP contribution in [0.3, 0.4) is 0 Å². The van der Waals surface area contributed by atoms with Crippen LogP contribution < -0.4 is 5.32 Å². The molecular formula is C35H35N3O3S2. The number of rotatable bonds is 11. The zero-order valence-corrected chi connectivity index (χ0v) is 26.2. The maximum Gasteiger partial charge on any atom is 0.257 e. The third kappa shape index (κ3) is 7.10. The molecule has 0 radical (unpaired) electrons. The Balaban J connectivity index is 1.32. The highest BCUT2D eigenvalue weighted by atomic mass is 32.2. The Morgan fingerprint density at radius 2 is 1.40 bits per heavy atom. The lowest BCUT2D eigenvalue weighted by Crippen LogP contribution is -2.36. The van der Waals surface area contributed by atoms with E-state index in [9.17, 15) is 13.2 Å². The molecule has 8 heteroatoms. The number of amides is 1. The lowest BCUT2D eigenvalue weighted by Gasteiger charge is -2.26. The summed E-state index contributed by atoms with van der Waals surface area (Å²) in [7, 11) is -3.77. The molecule has 1 N–H and O–H groups in total. The lowest BCUT2D eigenvalue weighted by atomic mass is 10.0. The predicted octanol–water partition coefficient (Wildman–Crippen LogP) is 8.28. The second kappa shape index (κ2) is 13.5. The summed E-state index contributed by atoms with van der Waals surface area (Å²) in [5.74, 6) is -0.336. The van der Waals surface area contributed by atoms with Gasteiger partial charge >= 0.3 is 0 Å². The third-order valence-electron chi connectivity index (χ3n) is 7.14. The van der Waals surface area contributed by atoms with Gasteiger partial charge < -0.3 is 0 Å². The van der Waals surface area contributed by atoms with Crippen molar-refractivity contribution < 1.29 is 13.2 Å². The smallest absolute Gasteiger partial charge is 0.257 e. The molecule has 0 saturated heterocycles. The zero-order chi connectivity index (χ0) is 30.4. The molecular weight excluding hydrogens is 575 g/mol. The van der Waals surface area contributed by atoms with E-state index in [1.165, 1.54) is 27.8 Å². The van der Waals surface area contributed by atoms with Crippen molar-refractivity contribution in [2.75, 3.05) is 5.32 Å². The number of anilines is 1. The van der Waals surface area contributed by atoms with Gasteiger partial charge in [0.15, 0.2) is 5.13 Å². The molecule has 0 spiro atoms. The largest absolute Gasteiger partial charge is 0.298 e. The van der Waals surface area contributed by atoms with Crippen molar-refractivity contribution in [3.63, 3.8) is 0 Å². The first-order chi connectivity index (χ1) is 20.8. The van der Waals surface area contributed by atoms with Crippen LogP contribution in [0, 0.1) is 0 Å². The Kier molecular flexibility index (Phi) is 9.50. The highest BCUT2D eigenvalue weighted by Gasteiger charge is 2.27. The van der Waals surface area contributed by atoms with Crippen LogP contribution in [0.1, 0.15) is 48.0 Å². The molecule has 43 heavy (non-hydrogen) atoms. The van der Waals surface area contributed by atoms with Crippen molar-refractivity contribution in [2.24, 2.45) is 0 Å². The minimum atomic E-state index is -3.77. The molecule has 6 nitrogen and oxygen atoms in total. The Hall–Kier alpha value is -4.11. The quantitative estimate of drug-likeness (QED) is 0.163. The van der Waals surface area contributed by atoms with Gasteiger partial charge in [0.1, 0.15) is 0 Å². The number of nitrogens with one attached hydrogen (secondary N) is 1. The van der Waals surface area contributed by atoms with Gasteiger partial charge in [-0.05, 0) is 61.2 Å². The molecule has 5 aromatic rings. The summed E-state index contributed by atoms with van der Waals surface area (Å²) < 4.78 is 28.5. The number of benzene rings is 4. The summed E-state index contributed by atoms with van der Waals surface area (Å²) in [6, 6.07) is 33.9. The van der Waals surface area contributed by atoms with Gasteiger partial charge in [-0.1, -0.05) is 98.3 Å². The summed E-state index contributed by atoms with van der Waals surface area (Å²) in [4.78, 5) is 19.2. The van der Waals surface area contributed by atoms with Crippen LogP contribution in [0.2, 0.25) is 0 Å². The molecule has 220 valence electrons. The van der Waals surface area contributed by atoms with Crippen molar-refractivity contribution in [2.45, 2.75) is 51.1 Å². The molecule has 1 aromatic heterocycles. The van der Waals surface area contributed by atoms with E-state index in [1.807, 2.05) is 62.4 Å². The number of nitrogens with zero attached hydrogens (tertiary/aromatic N) is 2. The van der Waals surface area contributed by atoms with Crippen molar-refractivity contribution in [3.8, 4) is 22.4 Å². The third-order valence-corrected chi connectivity index (χ3v) is 10.2. The topological polar surface area (TPSA) is 79.4 Å². The number of sulfonamides is 1. The van der Waals surface area contributed by atoms with Gasteiger partial charge in [-0.3, -0.25) is 10.1 Å². The summed E-state index contributed by atoms with van der Waals surface area (Å²) >= 11 is 1.47. The Bertz CT molecular complexity index is 1770. The summed E-state index contributed by atoms with van der Waals surface area (Å²) in [5, 5.41) is 3.44. The van der Waals surface area contributed by atoms with Gasteiger partial charge in [0.25, 0.3) is 5.91 Å². The van der Waals surface area contributed by atoms with E-state index >= 15 is 0 Å². The van der Waals surface area contributed by atoms with Gasteiger partial charge in [-0.2, -0.15) is 4.31 Å². The van der Waals surface area contributed by atoms with E-state index in [0.717, 1.165) is 45.7 Å². The molecule has 0 saturated carbocycles. The number of hydrogen-bond acceptors (Lipinski definition) is 5. The average Bonchev–Trinajstić information content (AvgIpc) is 3.42. The van der Waals surface area contributed by atoms with Crippen molar-refractivity contribution in [1.82, 2.24) is 9.29 Å². The van der Waals surface area contributed by atoms with Crippen LogP contribution in [-0.2, 0) is 23.0 Å². The Labute approximate surface area is 258 Å². The van der Waals surface area contributed by atoms with E-state index in [1.54, 1.807) is 12.1 Å². The molecule has 0 bridgehead atoms. The maximum atomic E-state index is 13.5. The van der Waals surface area contributed by atoms with Crippen molar-refractivity contribution >= 4 is 32.4 Å². The zero-order valence-electron chi connectivity index (χ0n) is 24.5. The van der Waals surface area contributed by atoms with Crippen LogP contribution in [0.25, 0.3) is 22.4 Å². The first-order valence-corrected chi connectivity index (χ1v) is 16.6. The molecule has 0 atom stereocenters. The molecule has 1 amide bonds. The second-order valence-electron chi connectivity index (χ2n) is 10.6. The molecule has 4 aromatic carbocycles. The van der Waals surface area contributed by atoms with Crippen LogP contribution in [-0.4, -0.2) is 29.7 Å². The highest BCUT2D eigenvalue weighted by Crippen LogP contribution is 2.34. The molecule has 0 fully saturated rings. The van der Waals surface area contributed by atoms with E-state index in [4.69, 9.17) is 4.98 Å². The number of carbonyl (C=O) groups is 1. The molecule has 0 unspecified atom stereocenters. The van der Waals surface area contributed by atoms with Gasteiger partial charge in [0, 0.05) is 28.6 Å². The first-order valence-electron chi connectivity index (χ1n) is 14.4. The van der Waals surface area contributed by atoms with Crippen LogP contribution in [0.5, 0.6) is 0 Å². The number of thiazole rings is 1. The van der Waals surface area contributed by atoms with Gasteiger partial charge in [0.05, 0.1) is 10.6 Å². The lowest BCUT2D eigenvalue weighted by molar-refractivity contribution is 0.102. The normalized spacial score (nSPS) is 11.7. The minimum Gasteiger partial charge on any atom is -0.298 e. The fourth-order valence-corrected chi connectivity index (χ4v) is 7.58. The van der Waals surface area contributed by atoms with Crippen molar-refractivity contribution in [3.05, 3.63) is 125 Å². The summed E-state index contributed by atoms with van der Waals surface area (Å²) in [6.07, 6.45) is 1.81. The Morgan fingerprint density at radius 3 is 2.00 bits per heavy atom. The van der Waals surface area contributed by atoms with Crippen LogP contribution in [0.15, 0.2) is 114 Å². The molecule has 0 aliphatic heterocycles. The molecule has 0 aliphatic carbocycles. The Morgan fingerprint density at radius 1 is 0.814 bits per heavy atom. The van der Waals surface area contributed by atoms with Crippen molar-refractivity contribution in [1.29, 1.82) is 0 Å². The van der Waals surface area contributed by atoms with Gasteiger partial charge in [-0.25, -0.2) is 13.4 Å². The highest BCUT2D eigenvalue weighted by molar-refractivity contribution is 7.89.